The third-order valence-electron chi connectivity index (χ3n) is 1.86. The minimum Gasteiger partial charge on any atom is -0.379 e. The molecule has 0 aliphatic heterocycles. The highest BCUT2D eigenvalue weighted by Crippen LogP contribution is 2.14. The molecule has 0 fully saturated rings. The van der Waals surface area contributed by atoms with Gasteiger partial charge in [-0.3, -0.25) is 4.79 Å². The Morgan fingerprint density at radius 3 is 2.54 bits per heavy atom. The van der Waals surface area contributed by atoms with Crippen molar-refractivity contribution in [3.63, 3.8) is 0 Å². The third-order valence-corrected chi connectivity index (χ3v) is 1.86. The Hall–Kier alpha value is -0.610. The topological polar surface area (TPSA) is 61.6 Å². The molecule has 78 valence electrons. The van der Waals surface area contributed by atoms with Crippen molar-refractivity contribution in [2.45, 2.75) is 32.3 Å². The van der Waals surface area contributed by atoms with Crippen LogP contribution in [0.2, 0.25) is 0 Å². The van der Waals surface area contributed by atoms with Gasteiger partial charge in [-0.15, -0.1) is 0 Å². The molecule has 0 atom stereocenters. The van der Waals surface area contributed by atoms with Crippen molar-refractivity contribution in [2.75, 3.05) is 20.3 Å². The van der Waals surface area contributed by atoms with Crippen LogP contribution < -0.4 is 5.73 Å². The van der Waals surface area contributed by atoms with E-state index in [1.54, 1.807) is 7.11 Å². The highest BCUT2D eigenvalue weighted by molar-refractivity contribution is 5.74. The molecule has 0 radical (unpaired) electrons. The van der Waals surface area contributed by atoms with E-state index in [0.717, 1.165) is 12.8 Å². The maximum atomic E-state index is 10.3. The molecule has 0 aromatic rings. The number of nitrogens with two attached hydrogens (primary N) is 1. The van der Waals surface area contributed by atoms with E-state index in [1.165, 1.54) is 0 Å². The van der Waals surface area contributed by atoms with E-state index < -0.39 is 5.91 Å². The average Bonchev–Trinajstić information content (AvgIpc) is 2.03. The van der Waals surface area contributed by atoms with Crippen LogP contribution in [0.25, 0.3) is 0 Å². The quantitative estimate of drug-likeness (QED) is 0.599. The van der Waals surface area contributed by atoms with E-state index in [-0.39, 0.29) is 12.2 Å². The Bertz CT molecular complexity index is 157. The van der Waals surface area contributed by atoms with Crippen molar-refractivity contribution in [3.05, 3.63) is 0 Å². The van der Waals surface area contributed by atoms with Crippen LogP contribution in [0.4, 0.5) is 0 Å². The van der Waals surface area contributed by atoms with E-state index in [1.807, 2.05) is 13.8 Å². The molecular formula is C9H19NO3. The molecule has 0 aromatic heterocycles. The first-order valence-electron chi connectivity index (χ1n) is 4.39. The van der Waals surface area contributed by atoms with Crippen LogP contribution in [0.15, 0.2) is 0 Å². The summed E-state index contributed by atoms with van der Waals surface area (Å²) in [5, 5.41) is 0. The molecule has 0 saturated carbocycles. The van der Waals surface area contributed by atoms with Crippen LogP contribution in [-0.4, -0.2) is 31.8 Å². The highest BCUT2D eigenvalue weighted by atomic mass is 16.5. The van der Waals surface area contributed by atoms with E-state index in [4.69, 9.17) is 15.2 Å². The molecule has 0 rings (SSSR count). The molecule has 4 heteroatoms. The Morgan fingerprint density at radius 1 is 1.46 bits per heavy atom. The second kappa shape index (κ2) is 5.94. The van der Waals surface area contributed by atoms with Gasteiger partial charge in [0, 0.05) is 13.7 Å². The second-order valence-electron chi connectivity index (χ2n) is 3.59. The molecule has 0 unspecified atom stereocenters. The summed E-state index contributed by atoms with van der Waals surface area (Å²) in [7, 11) is 1.68. The van der Waals surface area contributed by atoms with Gasteiger partial charge in [0.1, 0.15) is 6.61 Å². The molecule has 0 spiro atoms. The summed E-state index contributed by atoms with van der Waals surface area (Å²) in [5.41, 5.74) is 4.78. The Balaban J connectivity index is 3.30. The minimum absolute atomic E-state index is 0.00735. The molecule has 2 N–H and O–H groups in total. The van der Waals surface area contributed by atoms with Gasteiger partial charge < -0.3 is 15.2 Å². The van der Waals surface area contributed by atoms with Crippen LogP contribution in [0.3, 0.4) is 0 Å². The lowest BCUT2D eigenvalue weighted by molar-refractivity contribution is -0.122. The van der Waals surface area contributed by atoms with E-state index in [0.29, 0.717) is 6.61 Å². The molecule has 0 bridgehead atoms. The number of amides is 1. The number of ether oxygens (including phenoxy) is 2. The van der Waals surface area contributed by atoms with Crippen LogP contribution in [-0.2, 0) is 14.3 Å². The van der Waals surface area contributed by atoms with Gasteiger partial charge in [-0.25, -0.2) is 0 Å². The smallest absolute Gasteiger partial charge is 0.243 e. The minimum atomic E-state index is -0.425. The number of hydrogen-bond donors (Lipinski definition) is 1. The van der Waals surface area contributed by atoms with Crippen LogP contribution in [0.5, 0.6) is 0 Å². The number of rotatable bonds is 7. The van der Waals surface area contributed by atoms with Gasteiger partial charge in [-0.2, -0.15) is 0 Å². The molecule has 0 aromatic carbocycles. The maximum absolute atomic E-state index is 10.3. The lowest BCUT2D eigenvalue weighted by atomic mass is 10.0. The van der Waals surface area contributed by atoms with Crippen molar-refractivity contribution in [2.24, 2.45) is 5.73 Å². The van der Waals surface area contributed by atoms with Crippen LogP contribution >= 0.6 is 0 Å². The van der Waals surface area contributed by atoms with Gasteiger partial charge >= 0.3 is 0 Å². The van der Waals surface area contributed by atoms with Crippen molar-refractivity contribution < 1.29 is 14.3 Å². The van der Waals surface area contributed by atoms with Crippen molar-refractivity contribution in [3.8, 4) is 0 Å². The molecule has 0 aliphatic carbocycles. The number of carbonyl (C=O) groups is 1. The molecule has 0 heterocycles. The fraction of sp³-hybridized carbons (Fsp3) is 0.889. The molecule has 13 heavy (non-hydrogen) atoms. The first-order valence-corrected chi connectivity index (χ1v) is 4.39. The maximum Gasteiger partial charge on any atom is 0.243 e. The predicted octanol–water partition coefficient (Wildman–Crippen LogP) is 0.694. The zero-order valence-electron chi connectivity index (χ0n) is 8.63. The summed E-state index contributed by atoms with van der Waals surface area (Å²) >= 11 is 0. The predicted molar refractivity (Wildman–Crippen MR) is 50.3 cm³/mol. The van der Waals surface area contributed by atoms with Gasteiger partial charge in [0.15, 0.2) is 0 Å². The zero-order chi connectivity index (χ0) is 10.3. The summed E-state index contributed by atoms with van der Waals surface area (Å²) in [6.07, 6.45) is 1.77. The summed E-state index contributed by atoms with van der Waals surface area (Å²) in [4.78, 5) is 10.3. The lowest BCUT2D eigenvalue weighted by Crippen LogP contribution is -2.23. The fourth-order valence-corrected chi connectivity index (χ4v) is 0.875. The van der Waals surface area contributed by atoms with Gasteiger partial charge in [-0.05, 0) is 26.7 Å². The zero-order valence-corrected chi connectivity index (χ0v) is 8.63. The van der Waals surface area contributed by atoms with Crippen molar-refractivity contribution in [1.29, 1.82) is 0 Å². The normalized spacial score (nSPS) is 11.6. The Kier molecular flexibility index (Phi) is 5.66. The lowest BCUT2D eigenvalue weighted by Gasteiger charge is -2.22. The van der Waals surface area contributed by atoms with Gasteiger partial charge in [0.2, 0.25) is 5.91 Å². The van der Waals surface area contributed by atoms with Crippen molar-refractivity contribution >= 4 is 5.91 Å². The number of methoxy groups -OCH3 is 1. The van der Waals surface area contributed by atoms with Gasteiger partial charge in [0.25, 0.3) is 0 Å². The molecule has 4 nitrogen and oxygen atoms in total. The molecule has 1 amide bonds. The van der Waals surface area contributed by atoms with Gasteiger partial charge in [-0.1, -0.05) is 0 Å². The number of primary amides is 1. The average molecular weight is 189 g/mol. The largest absolute Gasteiger partial charge is 0.379 e. The summed E-state index contributed by atoms with van der Waals surface area (Å²) < 4.78 is 10.2. The Labute approximate surface area is 79.4 Å². The third kappa shape index (κ3) is 7.74. The summed E-state index contributed by atoms with van der Waals surface area (Å²) in [6, 6.07) is 0. The molecular weight excluding hydrogens is 170 g/mol. The van der Waals surface area contributed by atoms with Crippen LogP contribution in [0, 0.1) is 0 Å². The van der Waals surface area contributed by atoms with E-state index >= 15 is 0 Å². The molecule has 0 aliphatic rings. The number of carbonyl (C=O) groups excluding carboxylic acids is 1. The first-order chi connectivity index (χ1) is 5.98. The van der Waals surface area contributed by atoms with E-state index in [2.05, 4.69) is 0 Å². The second-order valence-corrected chi connectivity index (χ2v) is 3.59. The summed E-state index contributed by atoms with van der Waals surface area (Å²) in [5.74, 6) is -0.425. The van der Waals surface area contributed by atoms with Crippen molar-refractivity contribution in [1.82, 2.24) is 0 Å². The van der Waals surface area contributed by atoms with Gasteiger partial charge in [0.05, 0.1) is 5.60 Å². The Morgan fingerprint density at radius 2 is 2.08 bits per heavy atom. The SMILES string of the molecule is COC(C)(C)CCCOCC(N)=O. The first kappa shape index (κ1) is 12.4. The van der Waals surface area contributed by atoms with Crippen LogP contribution in [0.1, 0.15) is 26.7 Å². The molecule has 0 saturated heterocycles. The fourth-order valence-electron chi connectivity index (χ4n) is 0.875. The van der Waals surface area contributed by atoms with E-state index in [9.17, 15) is 4.79 Å². The standard InChI is InChI=1S/C9H19NO3/c1-9(2,12-3)5-4-6-13-7-8(10)11/h4-7H2,1-3H3,(H2,10,11). The summed E-state index contributed by atoms with van der Waals surface area (Å²) in [6.45, 7) is 4.59. The monoisotopic (exact) mass is 189 g/mol. The highest BCUT2D eigenvalue weighted by Gasteiger charge is 2.14. The number of hydrogen-bond acceptors (Lipinski definition) is 3.